The van der Waals surface area contributed by atoms with Crippen LogP contribution >= 0.6 is 11.8 Å². The molecule has 2 N–H and O–H groups in total. The van der Waals surface area contributed by atoms with Gasteiger partial charge in [0.1, 0.15) is 22.5 Å². The first-order valence-corrected chi connectivity index (χ1v) is 11.3. The second-order valence-electron chi connectivity index (χ2n) is 7.74. The predicted octanol–water partition coefficient (Wildman–Crippen LogP) is 5.71. The van der Waals surface area contributed by atoms with Gasteiger partial charge in [0, 0.05) is 23.9 Å². The Morgan fingerprint density at radius 3 is 2.44 bits per heavy atom. The van der Waals surface area contributed by atoms with Crippen LogP contribution in [0.5, 0.6) is 0 Å². The summed E-state index contributed by atoms with van der Waals surface area (Å²) in [4.78, 5) is 16.2. The van der Waals surface area contributed by atoms with E-state index in [1.165, 1.54) is 29.5 Å². The highest BCUT2D eigenvalue weighted by Gasteiger charge is 2.21. The molecule has 3 aromatic rings. The average molecular weight is 460 g/mol. The first-order valence-electron chi connectivity index (χ1n) is 10.5. The third-order valence-electron chi connectivity index (χ3n) is 4.88. The van der Waals surface area contributed by atoms with Crippen LogP contribution in [0.25, 0.3) is 0 Å². The van der Waals surface area contributed by atoms with Crippen molar-refractivity contribution in [2.24, 2.45) is 5.73 Å². The molecule has 1 aromatic heterocycles. The van der Waals surface area contributed by atoms with Crippen molar-refractivity contribution in [3.8, 4) is 0 Å². The third-order valence-corrected chi connectivity index (χ3v) is 5.97. The number of halogens is 2. The minimum atomic E-state index is -0.801. The van der Waals surface area contributed by atoms with Crippen molar-refractivity contribution in [2.75, 3.05) is 6.61 Å². The SMILES string of the molecule is CC(C)c1nc(CCCOC(N)=O)n(CCc2ccccc2)c1Sc1cc(F)cc(F)c1. The molecule has 5 nitrogen and oxygen atoms in total. The van der Waals surface area contributed by atoms with E-state index in [1.54, 1.807) is 0 Å². The molecule has 0 aliphatic carbocycles. The minimum absolute atomic E-state index is 0.120. The molecule has 8 heteroatoms. The molecule has 1 heterocycles. The van der Waals surface area contributed by atoms with E-state index < -0.39 is 17.7 Å². The fourth-order valence-electron chi connectivity index (χ4n) is 3.40. The summed E-state index contributed by atoms with van der Waals surface area (Å²) in [6, 6.07) is 13.6. The van der Waals surface area contributed by atoms with Crippen molar-refractivity contribution >= 4 is 17.9 Å². The van der Waals surface area contributed by atoms with Gasteiger partial charge in [0.25, 0.3) is 0 Å². The van der Waals surface area contributed by atoms with Gasteiger partial charge in [-0.3, -0.25) is 0 Å². The van der Waals surface area contributed by atoms with Crippen molar-refractivity contribution in [2.45, 2.75) is 55.5 Å². The lowest BCUT2D eigenvalue weighted by atomic mass is 10.1. The van der Waals surface area contributed by atoms with Crippen LogP contribution in [0.3, 0.4) is 0 Å². The molecular formula is C24H27F2N3O2S. The lowest BCUT2D eigenvalue weighted by Crippen LogP contribution is -2.15. The summed E-state index contributed by atoms with van der Waals surface area (Å²) < 4.78 is 34.6. The van der Waals surface area contributed by atoms with Crippen LogP contribution in [0.2, 0.25) is 0 Å². The normalized spacial score (nSPS) is 11.2. The van der Waals surface area contributed by atoms with E-state index in [1.807, 2.05) is 32.0 Å². The number of nitrogens with two attached hydrogens (primary N) is 1. The van der Waals surface area contributed by atoms with E-state index in [2.05, 4.69) is 16.7 Å². The lowest BCUT2D eigenvalue weighted by molar-refractivity contribution is 0.155. The molecular weight excluding hydrogens is 432 g/mol. The van der Waals surface area contributed by atoms with E-state index >= 15 is 0 Å². The van der Waals surface area contributed by atoms with Crippen molar-refractivity contribution in [1.29, 1.82) is 0 Å². The second kappa shape index (κ2) is 11.1. The number of aromatic nitrogens is 2. The van der Waals surface area contributed by atoms with Crippen molar-refractivity contribution < 1.29 is 18.3 Å². The number of nitrogens with zero attached hydrogens (tertiary/aromatic N) is 2. The fourth-order valence-corrected chi connectivity index (χ4v) is 4.65. The molecule has 2 aromatic carbocycles. The highest BCUT2D eigenvalue weighted by Crippen LogP contribution is 2.36. The molecule has 0 spiro atoms. The summed E-state index contributed by atoms with van der Waals surface area (Å²) in [5.74, 6) is -0.262. The number of primary amides is 1. The Morgan fingerprint density at radius 2 is 1.81 bits per heavy atom. The Labute approximate surface area is 191 Å². The Morgan fingerprint density at radius 1 is 1.12 bits per heavy atom. The maximum atomic E-state index is 13.8. The standard InChI is InChI=1S/C24H27F2N3O2S/c1-16(2)22-23(32-20-14-18(25)13-19(26)15-20)29(11-10-17-7-4-3-5-8-17)21(28-22)9-6-12-31-24(27)30/h3-5,7-8,13-16H,6,9-12H2,1-2H3,(H2,27,30). The van der Waals surface area contributed by atoms with E-state index in [4.69, 9.17) is 15.5 Å². The number of hydrogen-bond acceptors (Lipinski definition) is 4. The molecule has 1 amide bonds. The summed E-state index contributed by atoms with van der Waals surface area (Å²) in [6.45, 7) is 4.95. The number of imidazole rings is 1. The molecule has 0 aliphatic rings. The Hall–Kier alpha value is -2.87. The van der Waals surface area contributed by atoms with Crippen molar-refractivity contribution in [3.05, 3.63) is 77.2 Å². The largest absolute Gasteiger partial charge is 0.450 e. The van der Waals surface area contributed by atoms with Gasteiger partial charge < -0.3 is 15.0 Å². The number of amides is 1. The van der Waals surface area contributed by atoms with Gasteiger partial charge in [0.15, 0.2) is 0 Å². The van der Waals surface area contributed by atoms with E-state index in [-0.39, 0.29) is 12.5 Å². The molecule has 0 fully saturated rings. The van der Waals surface area contributed by atoms with Gasteiger partial charge in [-0.1, -0.05) is 55.9 Å². The number of rotatable bonds is 10. The van der Waals surface area contributed by atoms with E-state index in [9.17, 15) is 13.6 Å². The predicted molar refractivity (Wildman–Crippen MR) is 121 cm³/mol. The van der Waals surface area contributed by atoms with Gasteiger partial charge in [0.05, 0.1) is 12.3 Å². The smallest absolute Gasteiger partial charge is 0.404 e. The average Bonchev–Trinajstić information content (AvgIpc) is 3.07. The summed E-state index contributed by atoms with van der Waals surface area (Å²) in [5, 5.41) is 0.867. The molecule has 0 saturated heterocycles. The van der Waals surface area contributed by atoms with Gasteiger partial charge in [0.2, 0.25) is 0 Å². The molecule has 32 heavy (non-hydrogen) atoms. The van der Waals surface area contributed by atoms with Gasteiger partial charge >= 0.3 is 6.09 Å². The van der Waals surface area contributed by atoms with E-state index in [0.29, 0.717) is 24.3 Å². The monoisotopic (exact) mass is 459 g/mol. The number of carbonyl (C=O) groups excluding carboxylic acids is 1. The molecule has 0 aliphatic heterocycles. The van der Waals surface area contributed by atoms with Gasteiger partial charge in [-0.2, -0.15) is 0 Å². The molecule has 0 atom stereocenters. The maximum absolute atomic E-state index is 13.8. The molecule has 0 saturated carbocycles. The quantitative estimate of drug-likeness (QED) is 0.395. The fraction of sp³-hybridized carbons (Fsp3) is 0.333. The number of ether oxygens (including phenoxy) is 1. The summed E-state index contributed by atoms with van der Waals surface area (Å²) >= 11 is 1.31. The number of aryl methyl sites for hydroxylation is 2. The molecule has 0 radical (unpaired) electrons. The third kappa shape index (κ3) is 6.56. The van der Waals surface area contributed by atoms with Crippen LogP contribution < -0.4 is 5.73 Å². The van der Waals surface area contributed by atoms with Gasteiger partial charge in [-0.05, 0) is 36.5 Å². The molecule has 0 bridgehead atoms. The topological polar surface area (TPSA) is 70.1 Å². The number of hydrogen-bond donors (Lipinski definition) is 1. The Bertz CT molecular complexity index is 1030. The van der Waals surface area contributed by atoms with Gasteiger partial charge in [-0.25, -0.2) is 18.6 Å². The van der Waals surface area contributed by atoms with E-state index in [0.717, 1.165) is 29.0 Å². The summed E-state index contributed by atoms with van der Waals surface area (Å²) in [6.07, 6.45) is 1.14. The zero-order valence-electron chi connectivity index (χ0n) is 18.2. The Balaban J connectivity index is 1.93. The zero-order chi connectivity index (χ0) is 23.1. The molecule has 170 valence electrons. The van der Waals surface area contributed by atoms with Crippen molar-refractivity contribution in [3.63, 3.8) is 0 Å². The van der Waals surface area contributed by atoms with Crippen LogP contribution in [0, 0.1) is 11.6 Å². The van der Waals surface area contributed by atoms with Crippen LogP contribution in [0.15, 0.2) is 58.5 Å². The van der Waals surface area contributed by atoms with Gasteiger partial charge in [-0.15, -0.1) is 0 Å². The highest BCUT2D eigenvalue weighted by molar-refractivity contribution is 7.99. The lowest BCUT2D eigenvalue weighted by Gasteiger charge is -2.14. The second-order valence-corrected chi connectivity index (χ2v) is 8.80. The first-order chi connectivity index (χ1) is 15.3. The van der Waals surface area contributed by atoms with Crippen LogP contribution in [-0.4, -0.2) is 22.3 Å². The number of carbonyl (C=O) groups is 1. The first kappa shape index (κ1) is 23.8. The van der Waals surface area contributed by atoms with Crippen LogP contribution in [0.4, 0.5) is 13.6 Å². The number of benzene rings is 2. The zero-order valence-corrected chi connectivity index (χ0v) is 19.0. The van der Waals surface area contributed by atoms with Crippen LogP contribution in [-0.2, 0) is 24.1 Å². The highest BCUT2D eigenvalue weighted by atomic mass is 32.2. The van der Waals surface area contributed by atoms with Crippen molar-refractivity contribution in [1.82, 2.24) is 9.55 Å². The molecule has 0 unspecified atom stereocenters. The minimum Gasteiger partial charge on any atom is -0.450 e. The summed E-state index contributed by atoms with van der Waals surface area (Å²) in [7, 11) is 0. The Kier molecular flexibility index (Phi) is 8.27. The molecule has 3 rings (SSSR count). The summed E-state index contributed by atoms with van der Waals surface area (Å²) in [5.41, 5.74) is 7.10. The maximum Gasteiger partial charge on any atom is 0.404 e. The van der Waals surface area contributed by atoms with Crippen LogP contribution in [0.1, 0.15) is 43.3 Å².